The Kier molecular flexibility index (Phi) is 6.22. The van der Waals surface area contributed by atoms with E-state index in [1.165, 1.54) is 0 Å². The summed E-state index contributed by atoms with van der Waals surface area (Å²) in [6, 6.07) is 20.2. The van der Waals surface area contributed by atoms with Gasteiger partial charge < -0.3 is 9.64 Å². The van der Waals surface area contributed by atoms with Crippen molar-refractivity contribution in [2.24, 2.45) is 0 Å². The molecule has 1 amide bonds. The molecule has 28 heavy (non-hydrogen) atoms. The van der Waals surface area contributed by atoms with Gasteiger partial charge in [-0.2, -0.15) is 5.10 Å². The summed E-state index contributed by atoms with van der Waals surface area (Å²) < 4.78 is 5.62. The Hall–Kier alpha value is -3.41. The minimum absolute atomic E-state index is 0.201. The lowest BCUT2D eigenvalue weighted by atomic mass is 10.1. The summed E-state index contributed by atoms with van der Waals surface area (Å²) in [5.74, 6) is -0.864. The number of amides is 1. The van der Waals surface area contributed by atoms with Gasteiger partial charge in [-0.05, 0) is 19.9 Å². The lowest BCUT2D eigenvalue weighted by molar-refractivity contribution is -0.140. The van der Waals surface area contributed by atoms with Gasteiger partial charge in [0.1, 0.15) is 5.69 Å². The summed E-state index contributed by atoms with van der Waals surface area (Å²) in [6.45, 7) is 4.87. The average Bonchev–Trinajstić information content (AvgIpc) is 3.24. The Balaban J connectivity index is 1.83. The van der Waals surface area contributed by atoms with Crippen LogP contribution in [0.25, 0.3) is 11.3 Å². The Bertz CT molecular complexity index is 918. The first-order valence-corrected chi connectivity index (χ1v) is 9.29. The highest BCUT2D eigenvalue weighted by Crippen LogP contribution is 2.23. The topological polar surface area (TPSA) is 75.3 Å². The van der Waals surface area contributed by atoms with Gasteiger partial charge in [-0.15, -0.1) is 0 Å². The number of nitrogens with zero attached hydrogens (tertiary/aromatic N) is 2. The summed E-state index contributed by atoms with van der Waals surface area (Å²) in [6.07, 6.45) is -1.00. The summed E-state index contributed by atoms with van der Waals surface area (Å²) >= 11 is 0. The number of aromatic amines is 1. The molecule has 1 heterocycles. The van der Waals surface area contributed by atoms with Gasteiger partial charge in [0.2, 0.25) is 6.10 Å². The van der Waals surface area contributed by atoms with Gasteiger partial charge in [0.25, 0.3) is 5.91 Å². The fourth-order valence-electron chi connectivity index (χ4n) is 2.94. The number of ether oxygens (including phenoxy) is 1. The summed E-state index contributed by atoms with van der Waals surface area (Å²) in [7, 11) is 0. The molecule has 0 aliphatic rings. The van der Waals surface area contributed by atoms with E-state index >= 15 is 0 Å². The molecule has 3 aromatic rings. The zero-order valence-electron chi connectivity index (χ0n) is 16.0. The van der Waals surface area contributed by atoms with E-state index in [9.17, 15) is 9.59 Å². The fourth-order valence-corrected chi connectivity index (χ4v) is 2.94. The predicted octanol–water partition coefficient (Wildman–Crippen LogP) is 3.84. The molecule has 3 rings (SSSR count). The number of carbonyl (C=O) groups is 2. The van der Waals surface area contributed by atoms with Crippen LogP contribution in [0.1, 0.15) is 36.0 Å². The molecule has 0 saturated heterocycles. The molecule has 0 aliphatic carbocycles. The van der Waals surface area contributed by atoms with E-state index in [2.05, 4.69) is 10.2 Å². The van der Waals surface area contributed by atoms with Crippen LogP contribution in [0.15, 0.2) is 66.7 Å². The molecule has 0 saturated carbocycles. The number of likely N-dealkylation sites (N-methyl/N-ethyl adjacent to an activating group) is 1. The molecule has 2 aromatic carbocycles. The maximum Gasteiger partial charge on any atom is 0.357 e. The van der Waals surface area contributed by atoms with Gasteiger partial charge >= 0.3 is 5.97 Å². The number of rotatable bonds is 7. The number of benzene rings is 2. The van der Waals surface area contributed by atoms with Crippen LogP contribution in [0.5, 0.6) is 0 Å². The SMILES string of the molecule is CCN(CC)C(=O)[C@H](OC(=O)c1cc(-c2ccccc2)n[nH]1)c1ccccc1. The fraction of sp³-hybridized carbons (Fsp3) is 0.227. The van der Waals surface area contributed by atoms with Crippen molar-refractivity contribution >= 4 is 11.9 Å². The highest BCUT2D eigenvalue weighted by atomic mass is 16.5. The van der Waals surface area contributed by atoms with E-state index in [0.29, 0.717) is 24.3 Å². The summed E-state index contributed by atoms with van der Waals surface area (Å²) in [5.41, 5.74) is 2.36. The van der Waals surface area contributed by atoms with Crippen molar-refractivity contribution in [2.75, 3.05) is 13.1 Å². The van der Waals surface area contributed by atoms with Crippen LogP contribution in [0.2, 0.25) is 0 Å². The van der Waals surface area contributed by atoms with Crippen LogP contribution in [0.3, 0.4) is 0 Å². The second kappa shape index (κ2) is 8.99. The standard InChI is InChI=1S/C22H23N3O3/c1-3-25(4-2)21(26)20(17-13-9-6-10-14-17)28-22(27)19-15-18(23-24-19)16-11-7-5-8-12-16/h5-15,20H,3-4H2,1-2H3,(H,23,24)/t20-/m1/s1. The van der Waals surface area contributed by atoms with E-state index in [0.717, 1.165) is 5.56 Å². The lowest BCUT2D eigenvalue weighted by Crippen LogP contribution is -2.36. The van der Waals surface area contributed by atoms with Crippen LogP contribution in [-0.2, 0) is 9.53 Å². The van der Waals surface area contributed by atoms with E-state index in [-0.39, 0.29) is 11.6 Å². The molecule has 1 aromatic heterocycles. The van der Waals surface area contributed by atoms with E-state index in [1.54, 1.807) is 23.1 Å². The van der Waals surface area contributed by atoms with E-state index in [4.69, 9.17) is 4.74 Å². The van der Waals surface area contributed by atoms with Crippen LogP contribution in [0, 0.1) is 0 Å². The molecule has 0 bridgehead atoms. The molecule has 1 N–H and O–H groups in total. The maximum atomic E-state index is 12.9. The van der Waals surface area contributed by atoms with Crippen LogP contribution < -0.4 is 0 Å². The first kappa shape index (κ1) is 19.4. The van der Waals surface area contributed by atoms with Gasteiger partial charge in [0, 0.05) is 24.2 Å². The zero-order chi connectivity index (χ0) is 19.9. The number of carbonyl (C=O) groups excluding carboxylic acids is 2. The monoisotopic (exact) mass is 377 g/mol. The predicted molar refractivity (Wildman–Crippen MR) is 107 cm³/mol. The van der Waals surface area contributed by atoms with Gasteiger partial charge in [-0.3, -0.25) is 9.89 Å². The first-order chi connectivity index (χ1) is 13.6. The number of hydrogen-bond donors (Lipinski definition) is 1. The zero-order valence-corrected chi connectivity index (χ0v) is 16.0. The number of nitrogens with one attached hydrogen (secondary N) is 1. The van der Waals surface area contributed by atoms with Crippen molar-refractivity contribution in [3.8, 4) is 11.3 Å². The molecular weight excluding hydrogens is 354 g/mol. The summed E-state index contributed by atoms with van der Waals surface area (Å²) in [4.78, 5) is 27.3. The van der Waals surface area contributed by atoms with Crippen molar-refractivity contribution in [3.05, 3.63) is 78.0 Å². The average molecular weight is 377 g/mol. The third-order valence-electron chi connectivity index (χ3n) is 4.49. The molecule has 0 fully saturated rings. The van der Waals surface area contributed by atoms with Crippen molar-refractivity contribution in [1.82, 2.24) is 15.1 Å². The van der Waals surface area contributed by atoms with Crippen molar-refractivity contribution in [3.63, 3.8) is 0 Å². The normalized spacial score (nSPS) is 11.6. The first-order valence-electron chi connectivity index (χ1n) is 9.29. The van der Waals surface area contributed by atoms with Gasteiger partial charge in [-0.25, -0.2) is 4.79 Å². The van der Waals surface area contributed by atoms with Crippen molar-refractivity contribution in [2.45, 2.75) is 20.0 Å². The van der Waals surface area contributed by atoms with Crippen molar-refractivity contribution < 1.29 is 14.3 Å². The number of H-pyrrole nitrogens is 1. The molecule has 0 spiro atoms. The van der Waals surface area contributed by atoms with Gasteiger partial charge in [0.05, 0.1) is 5.69 Å². The Morgan fingerprint density at radius 1 is 1.00 bits per heavy atom. The molecule has 144 valence electrons. The Morgan fingerprint density at radius 3 is 2.21 bits per heavy atom. The molecule has 6 heteroatoms. The van der Waals surface area contributed by atoms with Crippen LogP contribution in [0.4, 0.5) is 0 Å². The lowest BCUT2D eigenvalue weighted by Gasteiger charge is -2.25. The molecule has 0 radical (unpaired) electrons. The third kappa shape index (κ3) is 4.28. The largest absolute Gasteiger partial charge is 0.443 e. The number of aromatic nitrogens is 2. The molecule has 0 aliphatic heterocycles. The number of hydrogen-bond acceptors (Lipinski definition) is 4. The maximum absolute atomic E-state index is 12.9. The Morgan fingerprint density at radius 2 is 1.61 bits per heavy atom. The second-order valence-electron chi connectivity index (χ2n) is 6.24. The third-order valence-corrected chi connectivity index (χ3v) is 4.49. The Labute approximate surface area is 164 Å². The molecule has 1 atom stereocenters. The molecule has 0 unspecified atom stereocenters. The molecular formula is C22H23N3O3. The minimum atomic E-state index is -1.00. The highest BCUT2D eigenvalue weighted by Gasteiger charge is 2.29. The smallest absolute Gasteiger partial charge is 0.357 e. The highest BCUT2D eigenvalue weighted by molar-refractivity contribution is 5.92. The quantitative estimate of drug-likeness (QED) is 0.635. The van der Waals surface area contributed by atoms with Crippen LogP contribution >= 0.6 is 0 Å². The van der Waals surface area contributed by atoms with Crippen molar-refractivity contribution in [1.29, 1.82) is 0 Å². The summed E-state index contributed by atoms with van der Waals surface area (Å²) in [5, 5.41) is 6.89. The van der Waals surface area contributed by atoms with E-state index < -0.39 is 12.1 Å². The number of esters is 1. The second-order valence-corrected chi connectivity index (χ2v) is 6.24. The van der Waals surface area contributed by atoms with E-state index in [1.807, 2.05) is 62.4 Å². The minimum Gasteiger partial charge on any atom is -0.443 e. The molecule has 6 nitrogen and oxygen atoms in total. The van der Waals surface area contributed by atoms with Crippen LogP contribution in [-0.4, -0.2) is 40.1 Å². The van der Waals surface area contributed by atoms with Gasteiger partial charge in [0.15, 0.2) is 0 Å². The van der Waals surface area contributed by atoms with Gasteiger partial charge in [-0.1, -0.05) is 60.7 Å².